The number of carbonyl (C=O) groups is 1. The average molecular weight is 612 g/mol. The third-order valence-corrected chi connectivity index (χ3v) is 8.50. The number of benzene rings is 2. The molecule has 4 rings (SSSR count). The van der Waals surface area contributed by atoms with E-state index in [1.807, 2.05) is 28.7 Å². The van der Waals surface area contributed by atoms with E-state index in [-0.39, 0.29) is 11.1 Å². The fourth-order valence-corrected chi connectivity index (χ4v) is 4.95. The van der Waals surface area contributed by atoms with E-state index in [2.05, 4.69) is 34.2 Å². The summed E-state index contributed by atoms with van der Waals surface area (Å²) in [6, 6.07) is 6.79. The van der Waals surface area contributed by atoms with Crippen molar-refractivity contribution in [2.45, 2.75) is 26.2 Å². The zero-order valence-corrected chi connectivity index (χ0v) is 22.9. The van der Waals surface area contributed by atoms with Crippen LogP contribution in [0.25, 0.3) is 10.9 Å². The number of anilines is 3. The van der Waals surface area contributed by atoms with Crippen LogP contribution in [-0.2, 0) is 4.79 Å². The van der Waals surface area contributed by atoms with Crippen LogP contribution in [-0.4, -0.2) is 55.1 Å². The number of rotatable bonds is 8. The summed E-state index contributed by atoms with van der Waals surface area (Å²) in [6.45, 7) is 4.97. The van der Waals surface area contributed by atoms with Crippen molar-refractivity contribution < 1.29 is 13.9 Å². The van der Waals surface area contributed by atoms with Crippen molar-refractivity contribution >= 4 is 68.7 Å². The first-order chi connectivity index (χ1) is 16.7. The van der Waals surface area contributed by atoms with Crippen LogP contribution in [0.5, 0.6) is 5.75 Å². The lowest BCUT2D eigenvalue weighted by Gasteiger charge is -2.39. The largest absolute Gasteiger partial charge is 0.494 e. The molecule has 1 saturated heterocycles. The lowest BCUT2D eigenvalue weighted by Crippen LogP contribution is -2.38. The van der Waals surface area contributed by atoms with Gasteiger partial charge in [-0.15, -0.1) is 0 Å². The van der Waals surface area contributed by atoms with Crippen LogP contribution < -0.4 is 15.0 Å². The van der Waals surface area contributed by atoms with Gasteiger partial charge in [0.2, 0.25) is 6.41 Å². The molecule has 2 aromatic carbocycles. The zero-order chi connectivity index (χ0) is 25.2. The molecule has 0 spiro atoms. The number of halogens is 3. The lowest BCUT2D eigenvalue weighted by atomic mass is 9.77. The van der Waals surface area contributed by atoms with Gasteiger partial charge in [-0.05, 0) is 85.6 Å². The molecule has 7 nitrogen and oxygen atoms in total. The van der Waals surface area contributed by atoms with Crippen LogP contribution in [0.15, 0.2) is 30.6 Å². The van der Waals surface area contributed by atoms with Gasteiger partial charge in [0, 0.05) is 18.0 Å². The molecule has 0 unspecified atom stereocenters. The second kappa shape index (κ2) is 10.8. The van der Waals surface area contributed by atoms with E-state index in [1.54, 1.807) is 30.2 Å². The fraction of sp³-hybridized carbons (Fsp3) is 0.400. The second-order valence-electron chi connectivity index (χ2n) is 9.27. The van der Waals surface area contributed by atoms with Crippen molar-refractivity contribution in [3.05, 3.63) is 45.0 Å². The van der Waals surface area contributed by atoms with E-state index >= 15 is 0 Å². The maximum Gasteiger partial charge on any atom is 0.214 e. The summed E-state index contributed by atoms with van der Waals surface area (Å²) in [5, 5.41) is 4.04. The molecule has 0 saturated carbocycles. The highest BCUT2D eigenvalue weighted by atomic mass is 127. The molecule has 1 aromatic heterocycles. The first-order valence-electron chi connectivity index (χ1n) is 11.4. The van der Waals surface area contributed by atoms with Gasteiger partial charge in [0.15, 0.2) is 5.82 Å². The highest BCUT2D eigenvalue weighted by Crippen LogP contribution is 2.38. The van der Waals surface area contributed by atoms with Crippen LogP contribution in [0, 0.1) is 14.8 Å². The number of hydrogen-bond donors (Lipinski definition) is 1. The molecular weight excluding hydrogens is 584 g/mol. The van der Waals surface area contributed by atoms with Crippen molar-refractivity contribution in [2.75, 3.05) is 44.0 Å². The zero-order valence-electron chi connectivity index (χ0n) is 19.9. The molecule has 1 fully saturated rings. The Morgan fingerprint density at radius 2 is 2.06 bits per heavy atom. The van der Waals surface area contributed by atoms with Crippen molar-refractivity contribution in [3.63, 3.8) is 0 Å². The summed E-state index contributed by atoms with van der Waals surface area (Å²) in [6.07, 6.45) is 5.31. The third kappa shape index (κ3) is 5.62. The van der Waals surface area contributed by atoms with Gasteiger partial charge in [-0.2, -0.15) is 0 Å². The van der Waals surface area contributed by atoms with E-state index < -0.39 is 5.82 Å². The molecule has 1 amide bonds. The molecular formula is C25H28ClFIN5O2. The van der Waals surface area contributed by atoms with Crippen LogP contribution in [0.4, 0.5) is 21.6 Å². The molecule has 2 heterocycles. The molecule has 1 aliphatic rings. The molecule has 3 aromatic rings. The topological polar surface area (TPSA) is 70.6 Å². The molecule has 0 atom stereocenters. The molecule has 0 radical (unpaired) electrons. The third-order valence-electron chi connectivity index (χ3n) is 6.81. The van der Waals surface area contributed by atoms with E-state index in [0.717, 1.165) is 38.8 Å². The first kappa shape index (κ1) is 25.8. The van der Waals surface area contributed by atoms with E-state index in [1.165, 1.54) is 6.33 Å². The van der Waals surface area contributed by atoms with Gasteiger partial charge in [0.25, 0.3) is 0 Å². The smallest absolute Gasteiger partial charge is 0.214 e. The predicted octanol–water partition coefficient (Wildman–Crippen LogP) is 5.86. The van der Waals surface area contributed by atoms with Crippen molar-refractivity contribution in [1.29, 1.82) is 0 Å². The number of amides is 1. The predicted molar refractivity (Wildman–Crippen MR) is 146 cm³/mol. The number of nitrogens with zero attached hydrogens (tertiary/aromatic N) is 4. The fourth-order valence-electron chi connectivity index (χ4n) is 4.34. The molecule has 1 aliphatic heterocycles. The van der Waals surface area contributed by atoms with Crippen LogP contribution in [0.2, 0.25) is 5.02 Å². The Morgan fingerprint density at radius 3 is 2.74 bits per heavy atom. The first-order valence-corrected chi connectivity index (χ1v) is 12.8. The Balaban J connectivity index is 1.67. The molecule has 0 bridgehead atoms. The summed E-state index contributed by atoms with van der Waals surface area (Å²) in [5.41, 5.74) is 1.66. The van der Waals surface area contributed by atoms with E-state index in [9.17, 15) is 9.18 Å². The molecule has 0 aliphatic carbocycles. The Kier molecular flexibility index (Phi) is 7.97. The van der Waals surface area contributed by atoms with Crippen LogP contribution in [0.1, 0.15) is 26.2 Å². The maximum atomic E-state index is 14.8. The number of carbonyl (C=O) groups excluding carboxylic acids is 1. The van der Waals surface area contributed by atoms with Crippen molar-refractivity contribution in [1.82, 2.24) is 14.9 Å². The average Bonchev–Trinajstić information content (AvgIpc) is 2.86. The quantitative estimate of drug-likeness (QED) is 0.195. The Hall–Kier alpha value is -2.24. The summed E-state index contributed by atoms with van der Waals surface area (Å²) in [5.74, 6) is 0.499. The van der Waals surface area contributed by atoms with Crippen LogP contribution >= 0.6 is 34.2 Å². The highest BCUT2D eigenvalue weighted by Gasteiger charge is 2.29. The Labute approximate surface area is 223 Å². The highest BCUT2D eigenvalue weighted by molar-refractivity contribution is 14.1. The summed E-state index contributed by atoms with van der Waals surface area (Å²) in [7, 11) is 3.71. The maximum absolute atomic E-state index is 14.8. The lowest BCUT2D eigenvalue weighted by molar-refractivity contribution is -0.107. The van der Waals surface area contributed by atoms with Gasteiger partial charge >= 0.3 is 0 Å². The number of methoxy groups -OCH3 is 1. The van der Waals surface area contributed by atoms with Crippen LogP contribution in [0.3, 0.4) is 0 Å². The van der Waals surface area contributed by atoms with Crippen molar-refractivity contribution in [2.24, 2.45) is 5.41 Å². The van der Waals surface area contributed by atoms with E-state index in [4.69, 9.17) is 16.3 Å². The SMILES string of the molecule is COc1cc2ncnc(Nc3ccc(Cl)c(I)c3F)c2cc1N(C=O)CCC1(C)CCN(C)CC1. The molecule has 1 N–H and O–H groups in total. The molecule has 10 heteroatoms. The standard InChI is InChI=1S/C25H28ClFIN5O2/c1-25(6-9-32(2)10-7-25)8-11-33(15-34)20-12-16-19(13-21(20)35-3)29-14-30-24(16)31-18-5-4-17(26)23(28)22(18)27/h4-5,12-15H,6-11H2,1-3H3,(H,29,30,31). The number of aromatic nitrogens is 2. The number of nitrogens with one attached hydrogen (secondary N) is 1. The summed E-state index contributed by atoms with van der Waals surface area (Å²) < 4.78 is 20.7. The van der Waals surface area contributed by atoms with Gasteiger partial charge in [0.05, 0.1) is 32.6 Å². The molecule has 186 valence electrons. The normalized spacial score (nSPS) is 15.7. The number of likely N-dealkylation sites (tertiary alicyclic amines) is 1. The summed E-state index contributed by atoms with van der Waals surface area (Å²) >= 11 is 7.90. The second-order valence-corrected chi connectivity index (χ2v) is 10.8. The minimum absolute atomic E-state index is 0.178. The Bertz CT molecular complexity index is 1240. The summed E-state index contributed by atoms with van der Waals surface area (Å²) in [4.78, 5) is 24.9. The number of hydrogen-bond acceptors (Lipinski definition) is 6. The van der Waals surface area contributed by atoms with Gasteiger partial charge < -0.3 is 19.9 Å². The molecule has 35 heavy (non-hydrogen) atoms. The minimum atomic E-state index is -0.459. The van der Waals surface area contributed by atoms with Gasteiger partial charge in [-0.3, -0.25) is 4.79 Å². The van der Waals surface area contributed by atoms with Gasteiger partial charge in [0.1, 0.15) is 17.9 Å². The van der Waals surface area contributed by atoms with Gasteiger partial charge in [-0.1, -0.05) is 18.5 Å². The minimum Gasteiger partial charge on any atom is -0.494 e. The number of fused-ring (bicyclic) bond motifs is 1. The van der Waals surface area contributed by atoms with Crippen molar-refractivity contribution in [3.8, 4) is 5.75 Å². The number of ether oxygens (including phenoxy) is 1. The Morgan fingerprint density at radius 1 is 1.31 bits per heavy atom. The van der Waals surface area contributed by atoms with E-state index in [0.29, 0.717) is 43.3 Å². The van der Waals surface area contributed by atoms with Gasteiger partial charge in [-0.25, -0.2) is 14.4 Å². The number of piperidine rings is 1. The monoisotopic (exact) mass is 611 g/mol.